The standard InChI is InChI=1S/C22H33FN6O/c1-4-24-22(26-16-20-15-21(17(2)3)27-30-20)25-9-10-28-11-13-29(14-12-28)19-7-5-18(23)6-8-19/h5-8,15,17H,4,9-14,16H2,1-3H3,(H2,24,25,26). The van der Waals surface area contributed by atoms with Crippen molar-refractivity contribution in [1.29, 1.82) is 0 Å². The van der Waals surface area contributed by atoms with Crippen LogP contribution in [-0.4, -0.2) is 61.8 Å². The van der Waals surface area contributed by atoms with Crippen LogP contribution in [0.25, 0.3) is 0 Å². The fraction of sp³-hybridized carbons (Fsp3) is 0.545. The predicted octanol–water partition coefficient (Wildman–Crippen LogP) is 2.81. The molecule has 0 amide bonds. The number of aliphatic imine (C=N–C) groups is 1. The van der Waals surface area contributed by atoms with Gasteiger partial charge in [-0.3, -0.25) is 4.90 Å². The number of guanidine groups is 1. The van der Waals surface area contributed by atoms with Crippen LogP contribution in [0.2, 0.25) is 0 Å². The van der Waals surface area contributed by atoms with Crippen LogP contribution in [0.5, 0.6) is 0 Å². The van der Waals surface area contributed by atoms with Crippen molar-refractivity contribution in [2.45, 2.75) is 33.2 Å². The van der Waals surface area contributed by atoms with Gasteiger partial charge >= 0.3 is 0 Å². The molecular formula is C22H33FN6O. The van der Waals surface area contributed by atoms with Crippen LogP contribution < -0.4 is 15.5 Å². The Morgan fingerprint density at radius 2 is 1.90 bits per heavy atom. The van der Waals surface area contributed by atoms with Crippen molar-refractivity contribution >= 4 is 11.6 Å². The molecule has 0 bridgehead atoms. The van der Waals surface area contributed by atoms with E-state index in [0.29, 0.717) is 12.5 Å². The van der Waals surface area contributed by atoms with Gasteiger partial charge in [-0.05, 0) is 37.1 Å². The van der Waals surface area contributed by atoms with E-state index in [0.717, 1.165) is 68.9 Å². The summed E-state index contributed by atoms with van der Waals surface area (Å²) in [5, 5.41) is 10.8. The van der Waals surface area contributed by atoms with Crippen LogP contribution in [-0.2, 0) is 6.54 Å². The second-order valence-electron chi connectivity index (χ2n) is 7.80. The first-order chi connectivity index (χ1) is 14.5. The second-order valence-corrected chi connectivity index (χ2v) is 7.80. The van der Waals surface area contributed by atoms with E-state index >= 15 is 0 Å². The highest BCUT2D eigenvalue weighted by atomic mass is 19.1. The summed E-state index contributed by atoms with van der Waals surface area (Å²) >= 11 is 0. The normalized spacial score (nSPS) is 15.6. The van der Waals surface area contributed by atoms with Crippen LogP contribution in [0.4, 0.5) is 10.1 Å². The largest absolute Gasteiger partial charge is 0.369 e. The minimum absolute atomic E-state index is 0.190. The molecule has 2 N–H and O–H groups in total. The van der Waals surface area contributed by atoms with E-state index < -0.39 is 0 Å². The van der Waals surface area contributed by atoms with Crippen molar-refractivity contribution in [2.24, 2.45) is 4.99 Å². The maximum Gasteiger partial charge on any atom is 0.191 e. The van der Waals surface area contributed by atoms with E-state index in [2.05, 4.69) is 51.4 Å². The third-order valence-corrected chi connectivity index (χ3v) is 5.19. The van der Waals surface area contributed by atoms with Gasteiger partial charge in [-0.2, -0.15) is 0 Å². The first-order valence-electron chi connectivity index (χ1n) is 10.8. The van der Waals surface area contributed by atoms with Gasteiger partial charge in [-0.15, -0.1) is 0 Å². The van der Waals surface area contributed by atoms with Gasteiger partial charge in [0.2, 0.25) is 0 Å². The first-order valence-corrected chi connectivity index (χ1v) is 10.8. The van der Waals surface area contributed by atoms with Crippen LogP contribution in [0.15, 0.2) is 39.8 Å². The maximum absolute atomic E-state index is 13.1. The molecule has 0 radical (unpaired) electrons. The highest BCUT2D eigenvalue weighted by molar-refractivity contribution is 5.79. The molecule has 164 valence electrons. The fourth-order valence-electron chi connectivity index (χ4n) is 3.39. The smallest absolute Gasteiger partial charge is 0.191 e. The number of halogens is 1. The monoisotopic (exact) mass is 416 g/mol. The van der Waals surface area contributed by atoms with Crippen molar-refractivity contribution in [3.05, 3.63) is 47.6 Å². The summed E-state index contributed by atoms with van der Waals surface area (Å²) in [6.07, 6.45) is 0. The van der Waals surface area contributed by atoms with E-state index in [4.69, 9.17) is 4.52 Å². The minimum atomic E-state index is -0.190. The predicted molar refractivity (Wildman–Crippen MR) is 118 cm³/mol. The van der Waals surface area contributed by atoms with Crippen LogP contribution in [0.3, 0.4) is 0 Å². The molecule has 1 aromatic heterocycles. The van der Waals surface area contributed by atoms with E-state index in [1.165, 1.54) is 12.1 Å². The number of hydrogen-bond donors (Lipinski definition) is 2. The number of anilines is 1. The summed E-state index contributed by atoms with van der Waals surface area (Å²) in [4.78, 5) is 9.34. The SMILES string of the molecule is CCNC(=NCc1cc(C(C)C)no1)NCCN1CCN(c2ccc(F)cc2)CC1. The van der Waals surface area contributed by atoms with Crippen molar-refractivity contribution < 1.29 is 8.91 Å². The number of aromatic nitrogens is 1. The number of nitrogens with zero attached hydrogens (tertiary/aromatic N) is 4. The summed E-state index contributed by atoms with van der Waals surface area (Å²) in [5.41, 5.74) is 2.04. The van der Waals surface area contributed by atoms with Gasteiger partial charge in [0, 0.05) is 57.6 Å². The van der Waals surface area contributed by atoms with Crippen LogP contribution >= 0.6 is 0 Å². The van der Waals surface area contributed by atoms with Gasteiger partial charge < -0.3 is 20.1 Å². The molecule has 7 nitrogen and oxygen atoms in total. The summed E-state index contributed by atoms with van der Waals surface area (Å²) < 4.78 is 18.5. The van der Waals surface area contributed by atoms with E-state index in [1.807, 2.05) is 18.2 Å². The van der Waals surface area contributed by atoms with Gasteiger partial charge in [0.15, 0.2) is 11.7 Å². The average Bonchev–Trinajstić information content (AvgIpc) is 3.23. The molecule has 1 saturated heterocycles. The zero-order valence-corrected chi connectivity index (χ0v) is 18.2. The van der Waals surface area contributed by atoms with Crippen molar-refractivity contribution in [3.8, 4) is 0 Å². The maximum atomic E-state index is 13.1. The lowest BCUT2D eigenvalue weighted by Gasteiger charge is -2.36. The third-order valence-electron chi connectivity index (χ3n) is 5.19. The van der Waals surface area contributed by atoms with E-state index in [1.54, 1.807) is 0 Å². The Morgan fingerprint density at radius 1 is 1.17 bits per heavy atom. The number of hydrogen-bond acceptors (Lipinski definition) is 5. The minimum Gasteiger partial charge on any atom is -0.369 e. The molecule has 0 unspecified atom stereocenters. The molecule has 3 rings (SSSR count). The molecule has 2 aromatic rings. The third kappa shape index (κ3) is 6.45. The molecule has 1 aliphatic rings. The van der Waals surface area contributed by atoms with Gasteiger partial charge in [0.05, 0.1) is 5.69 Å². The Kier molecular flexibility index (Phi) is 8.07. The number of benzene rings is 1. The summed E-state index contributed by atoms with van der Waals surface area (Å²) in [5.74, 6) is 1.71. The molecule has 1 fully saturated rings. The lowest BCUT2D eigenvalue weighted by atomic mass is 10.1. The molecule has 0 spiro atoms. The zero-order chi connectivity index (χ0) is 21.3. The lowest BCUT2D eigenvalue weighted by molar-refractivity contribution is 0.261. The number of rotatable bonds is 8. The summed E-state index contributed by atoms with van der Waals surface area (Å²) in [6.45, 7) is 13.1. The summed E-state index contributed by atoms with van der Waals surface area (Å²) in [7, 11) is 0. The van der Waals surface area contributed by atoms with Crippen molar-refractivity contribution in [3.63, 3.8) is 0 Å². The van der Waals surface area contributed by atoms with Gasteiger partial charge in [0.25, 0.3) is 0 Å². The lowest BCUT2D eigenvalue weighted by Crippen LogP contribution is -2.49. The summed E-state index contributed by atoms with van der Waals surface area (Å²) in [6, 6.07) is 8.72. The van der Waals surface area contributed by atoms with Gasteiger partial charge in [-0.25, -0.2) is 9.38 Å². The zero-order valence-electron chi connectivity index (χ0n) is 18.2. The molecule has 1 aliphatic heterocycles. The Bertz CT molecular complexity index is 796. The highest BCUT2D eigenvalue weighted by Gasteiger charge is 2.17. The fourth-order valence-corrected chi connectivity index (χ4v) is 3.39. The molecular weight excluding hydrogens is 383 g/mol. The number of piperazine rings is 1. The van der Waals surface area contributed by atoms with E-state index in [9.17, 15) is 4.39 Å². The van der Waals surface area contributed by atoms with Crippen molar-refractivity contribution in [1.82, 2.24) is 20.7 Å². The average molecular weight is 417 g/mol. The highest BCUT2D eigenvalue weighted by Crippen LogP contribution is 2.17. The van der Waals surface area contributed by atoms with Crippen LogP contribution in [0.1, 0.15) is 38.1 Å². The topological polar surface area (TPSA) is 68.9 Å². The Labute approximate surface area is 178 Å². The molecule has 0 atom stereocenters. The first kappa shape index (κ1) is 22.1. The molecule has 0 saturated carbocycles. The molecule has 0 aliphatic carbocycles. The molecule has 1 aromatic carbocycles. The molecule has 2 heterocycles. The van der Waals surface area contributed by atoms with E-state index in [-0.39, 0.29) is 5.82 Å². The molecule has 8 heteroatoms. The van der Waals surface area contributed by atoms with Gasteiger partial charge in [0.1, 0.15) is 12.4 Å². The van der Waals surface area contributed by atoms with Crippen LogP contribution in [0, 0.1) is 5.82 Å². The second kappa shape index (κ2) is 11.0. The Balaban J connectivity index is 1.41. The number of nitrogens with one attached hydrogen (secondary N) is 2. The quantitative estimate of drug-likeness (QED) is 0.510. The Morgan fingerprint density at radius 3 is 2.53 bits per heavy atom. The van der Waals surface area contributed by atoms with Gasteiger partial charge in [-0.1, -0.05) is 19.0 Å². The van der Waals surface area contributed by atoms with Crippen molar-refractivity contribution in [2.75, 3.05) is 50.7 Å². The molecule has 30 heavy (non-hydrogen) atoms. The Hall–Kier alpha value is -2.61.